The highest BCUT2D eigenvalue weighted by atomic mass is 32.2. The lowest BCUT2D eigenvalue weighted by Gasteiger charge is -2.20. The number of hydrogen-bond donors (Lipinski definition) is 1. The smallest absolute Gasteiger partial charge is 0.334 e. The van der Waals surface area contributed by atoms with Gasteiger partial charge in [0, 0.05) is 24.1 Å². The Kier molecular flexibility index (Phi) is 6.49. The van der Waals surface area contributed by atoms with Crippen molar-refractivity contribution < 1.29 is 19.2 Å². The lowest BCUT2D eigenvalue weighted by molar-refractivity contribution is -0.144. The Labute approximate surface area is 162 Å². The van der Waals surface area contributed by atoms with E-state index in [0.717, 1.165) is 47.0 Å². The summed E-state index contributed by atoms with van der Waals surface area (Å²) in [5, 5.41) is 2.70. The largest absolute Gasteiger partial charge is 0.354 e. The number of carbonyl (C=O) groups excluding carboxylic acids is 4. The molecule has 1 aliphatic carbocycles. The first-order valence-corrected chi connectivity index (χ1v) is 10.3. The van der Waals surface area contributed by atoms with E-state index < -0.39 is 30.3 Å². The van der Waals surface area contributed by atoms with Gasteiger partial charge in [-0.25, -0.2) is 9.69 Å². The zero-order valence-electron chi connectivity index (χ0n) is 15.1. The number of benzene rings is 1. The van der Waals surface area contributed by atoms with Crippen molar-refractivity contribution in [1.82, 2.24) is 15.1 Å². The number of nitrogens with zero attached hydrogens (tertiary/aromatic N) is 2. The quantitative estimate of drug-likeness (QED) is 0.416. The van der Waals surface area contributed by atoms with E-state index in [-0.39, 0.29) is 6.04 Å². The Hall–Kier alpha value is -2.35. The monoisotopic (exact) mass is 389 g/mol. The number of hydrogen-bond acceptors (Lipinski definition) is 5. The van der Waals surface area contributed by atoms with E-state index >= 15 is 0 Å². The second kappa shape index (κ2) is 9.03. The minimum Gasteiger partial charge on any atom is -0.354 e. The van der Waals surface area contributed by atoms with E-state index in [2.05, 4.69) is 5.32 Å². The van der Waals surface area contributed by atoms with Gasteiger partial charge in [0.25, 0.3) is 0 Å². The lowest BCUT2D eigenvalue weighted by atomic mass is 10.2. The summed E-state index contributed by atoms with van der Waals surface area (Å²) in [4.78, 5) is 50.5. The number of rotatable bonds is 8. The predicted octanol–water partition coefficient (Wildman–Crippen LogP) is 1.77. The molecule has 0 bridgehead atoms. The molecule has 0 atom stereocenters. The molecule has 2 fully saturated rings. The fraction of sp³-hybridized carbons (Fsp3) is 0.474. The van der Waals surface area contributed by atoms with Gasteiger partial charge in [-0.15, -0.1) is 0 Å². The molecule has 27 heavy (non-hydrogen) atoms. The van der Waals surface area contributed by atoms with E-state index in [1.165, 1.54) is 5.56 Å². The number of nitrogens with one attached hydrogen (secondary N) is 1. The van der Waals surface area contributed by atoms with Gasteiger partial charge in [-0.1, -0.05) is 43.2 Å². The molecule has 0 unspecified atom stereocenters. The van der Waals surface area contributed by atoms with Crippen molar-refractivity contribution in [3.05, 3.63) is 35.9 Å². The normalized spacial score (nSPS) is 17.9. The topological polar surface area (TPSA) is 86.8 Å². The van der Waals surface area contributed by atoms with Gasteiger partial charge in [0.2, 0.25) is 5.91 Å². The van der Waals surface area contributed by atoms with Crippen LogP contribution in [0.1, 0.15) is 31.2 Å². The molecule has 1 aromatic carbocycles. The number of amides is 5. The van der Waals surface area contributed by atoms with Crippen molar-refractivity contribution in [2.75, 3.05) is 18.8 Å². The molecule has 1 N–H and O–H groups in total. The molecule has 144 valence electrons. The van der Waals surface area contributed by atoms with Crippen molar-refractivity contribution in [3.8, 4) is 0 Å². The first-order chi connectivity index (χ1) is 13.1. The Balaban J connectivity index is 1.41. The van der Waals surface area contributed by atoms with E-state index in [1.54, 1.807) is 11.8 Å². The molecule has 0 radical (unpaired) electrons. The van der Waals surface area contributed by atoms with Crippen LogP contribution in [0.5, 0.6) is 0 Å². The van der Waals surface area contributed by atoms with Crippen LogP contribution in [-0.2, 0) is 20.1 Å². The standard InChI is InChI=1S/C19H23N3O4S/c23-16(20-10-11-27-13-14-6-2-1-3-7-14)12-21-17(24)18(25)22(19(21)26)15-8-4-5-9-15/h1-3,6-7,15H,4-5,8-13H2,(H,20,23). The van der Waals surface area contributed by atoms with Gasteiger partial charge in [-0.05, 0) is 18.4 Å². The van der Waals surface area contributed by atoms with Crippen LogP contribution in [0.3, 0.4) is 0 Å². The molecule has 3 rings (SSSR count). The maximum atomic E-state index is 12.4. The van der Waals surface area contributed by atoms with Gasteiger partial charge in [-0.2, -0.15) is 11.8 Å². The summed E-state index contributed by atoms with van der Waals surface area (Å²) in [6, 6.07) is 9.15. The molecule has 0 spiro atoms. The van der Waals surface area contributed by atoms with Crippen LogP contribution in [0, 0.1) is 0 Å². The summed E-state index contributed by atoms with van der Waals surface area (Å²) in [7, 11) is 0. The summed E-state index contributed by atoms with van der Waals surface area (Å²) in [5.74, 6) is -0.572. The Morgan fingerprint density at radius 1 is 1.07 bits per heavy atom. The Bertz CT molecular complexity index is 719. The van der Waals surface area contributed by atoms with Crippen LogP contribution in [-0.4, -0.2) is 58.4 Å². The zero-order valence-corrected chi connectivity index (χ0v) is 15.9. The second-order valence-electron chi connectivity index (χ2n) is 6.68. The third-order valence-corrected chi connectivity index (χ3v) is 5.79. The zero-order chi connectivity index (χ0) is 19.2. The highest BCUT2D eigenvalue weighted by Crippen LogP contribution is 2.27. The number of imide groups is 2. The van der Waals surface area contributed by atoms with E-state index in [4.69, 9.17) is 0 Å². The van der Waals surface area contributed by atoms with Crippen LogP contribution in [0.4, 0.5) is 4.79 Å². The highest BCUT2D eigenvalue weighted by molar-refractivity contribution is 7.98. The Morgan fingerprint density at radius 3 is 2.48 bits per heavy atom. The van der Waals surface area contributed by atoms with E-state index in [9.17, 15) is 19.2 Å². The average molecular weight is 389 g/mol. The summed E-state index contributed by atoms with van der Waals surface area (Å²) >= 11 is 1.69. The van der Waals surface area contributed by atoms with Gasteiger partial charge in [0.1, 0.15) is 6.54 Å². The van der Waals surface area contributed by atoms with Crippen LogP contribution >= 0.6 is 11.8 Å². The second-order valence-corrected chi connectivity index (χ2v) is 7.78. The molecule has 5 amide bonds. The summed E-state index contributed by atoms with van der Waals surface area (Å²) in [6.07, 6.45) is 3.33. The molecular formula is C19H23N3O4S. The van der Waals surface area contributed by atoms with Gasteiger partial charge in [-0.3, -0.25) is 19.3 Å². The SMILES string of the molecule is O=C(CN1C(=O)C(=O)N(C2CCCC2)C1=O)NCCSCc1ccccc1. The molecule has 1 aliphatic heterocycles. The minimum atomic E-state index is -0.902. The van der Waals surface area contributed by atoms with Crippen molar-refractivity contribution in [2.24, 2.45) is 0 Å². The molecular weight excluding hydrogens is 366 g/mol. The van der Waals surface area contributed by atoms with Gasteiger partial charge >= 0.3 is 17.8 Å². The maximum Gasteiger partial charge on any atom is 0.334 e. The third-order valence-electron chi connectivity index (χ3n) is 4.76. The molecule has 8 heteroatoms. The molecule has 0 aromatic heterocycles. The van der Waals surface area contributed by atoms with Crippen molar-refractivity contribution in [3.63, 3.8) is 0 Å². The van der Waals surface area contributed by atoms with Gasteiger partial charge in [0.05, 0.1) is 0 Å². The minimum absolute atomic E-state index is 0.212. The van der Waals surface area contributed by atoms with Crippen molar-refractivity contribution >= 4 is 35.5 Å². The first-order valence-electron chi connectivity index (χ1n) is 9.15. The van der Waals surface area contributed by atoms with E-state index in [0.29, 0.717) is 6.54 Å². The Morgan fingerprint density at radius 2 is 1.78 bits per heavy atom. The third kappa shape index (κ3) is 4.68. The summed E-state index contributed by atoms with van der Waals surface area (Å²) in [5.41, 5.74) is 1.22. The predicted molar refractivity (Wildman–Crippen MR) is 102 cm³/mol. The van der Waals surface area contributed by atoms with Crippen LogP contribution in [0.2, 0.25) is 0 Å². The molecule has 1 aromatic rings. The molecule has 1 saturated heterocycles. The fourth-order valence-electron chi connectivity index (χ4n) is 3.37. The van der Waals surface area contributed by atoms with Crippen molar-refractivity contribution in [2.45, 2.75) is 37.5 Å². The van der Waals surface area contributed by atoms with E-state index in [1.807, 2.05) is 30.3 Å². The number of thioether (sulfide) groups is 1. The molecule has 1 saturated carbocycles. The lowest BCUT2D eigenvalue weighted by Crippen LogP contribution is -2.43. The van der Waals surface area contributed by atoms with Crippen LogP contribution in [0.15, 0.2) is 30.3 Å². The average Bonchev–Trinajstić information content (AvgIpc) is 3.26. The number of carbonyl (C=O) groups is 4. The van der Waals surface area contributed by atoms with Crippen molar-refractivity contribution in [1.29, 1.82) is 0 Å². The van der Waals surface area contributed by atoms with Gasteiger partial charge < -0.3 is 5.32 Å². The number of urea groups is 1. The van der Waals surface area contributed by atoms with Gasteiger partial charge in [0.15, 0.2) is 0 Å². The van der Waals surface area contributed by atoms with Crippen LogP contribution < -0.4 is 5.32 Å². The highest BCUT2D eigenvalue weighted by Gasteiger charge is 2.48. The summed E-state index contributed by atoms with van der Waals surface area (Å²) in [6.45, 7) is 0.0306. The molecule has 1 heterocycles. The maximum absolute atomic E-state index is 12.4. The fourth-order valence-corrected chi connectivity index (χ4v) is 4.19. The first kappa shape index (κ1) is 19.4. The molecule has 2 aliphatic rings. The van der Waals surface area contributed by atoms with Crippen LogP contribution in [0.25, 0.3) is 0 Å². The molecule has 7 nitrogen and oxygen atoms in total. The summed E-state index contributed by atoms with van der Waals surface area (Å²) < 4.78 is 0.